The number of allylic oxidation sites excluding steroid dienone is 1. The fourth-order valence-electron chi connectivity index (χ4n) is 16.8. The lowest BCUT2D eigenvalue weighted by molar-refractivity contribution is -0.128. The lowest BCUT2D eigenvalue weighted by atomic mass is 9.92. The molecule has 0 saturated carbocycles. The topological polar surface area (TPSA) is 233 Å². The molecule has 16 rings (SSSR count). The highest BCUT2D eigenvalue weighted by Crippen LogP contribution is 2.41. The smallest absolute Gasteiger partial charge is 0.261 e. The number of likely N-dealkylation sites (N-methyl/N-ethyl adjacent to an activating group) is 3. The fraction of sp³-hybridized carbons (Fsp3) is 0.376. The number of aromatic nitrogens is 9. The summed E-state index contributed by atoms with van der Waals surface area (Å²) >= 11 is 1.49. The van der Waals surface area contributed by atoms with Crippen LogP contribution >= 0.6 is 11.3 Å². The van der Waals surface area contributed by atoms with Crippen molar-refractivity contribution in [3.63, 3.8) is 0 Å². The van der Waals surface area contributed by atoms with Crippen LogP contribution in [-0.2, 0) is 27.3 Å². The number of thiophene rings is 1. The maximum atomic E-state index is 13.7. The normalized spacial score (nSPS) is 15.5. The third-order valence-electron chi connectivity index (χ3n) is 24.5. The van der Waals surface area contributed by atoms with Crippen molar-refractivity contribution in [3.05, 3.63) is 333 Å². The van der Waals surface area contributed by atoms with E-state index in [4.69, 9.17) is 4.74 Å². The number of amides is 5. The van der Waals surface area contributed by atoms with Crippen LogP contribution in [0.5, 0.6) is 0 Å². The number of carbonyl (C=O) groups excluding carboxylic acids is 5. The average Bonchev–Trinajstić information content (AvgIpc) is 1.47. The molecule has 2 saturated heterocycles. The van der Waals surface area contributed by atoms with E-state index in [2.05, 4.69) is 94.4 Å². The van der Waals surface area contributed by atoms with Crippen molar-refractivity contribution in [1.29, 1.82) is 0 Å². The van der Waals surface area contributed by atoms with Gasteiger partial charge in [-0.3, -0.25) is 43.2 Å². The zero-order valence-electron chi connectivity index (χ0n) is 81.0. The number of nitrogens with one attached hydrogen (secondary N) is 1. The van der Waals surface area contributed by atoms with E-state index >= 15 is 0 Å². The number of aryl methyl sites for hydroxylation is 1. The minimum Gasteiger partial charge on any atom is -0.492 e. The van der Waals surface area contributed by atoms with Crippen LogP contribution in [0.15, 0.2) is 266 Å². The highest BCUT2D eigenvalue weighted by atomic mass is 32.1. The highest BCUT2D eigenvalue weighted by Gasteiger charge is 2.40. The van der Waals surface area contributed by atoms with E-state index in [1.807, 2.05) is 220 Å². The van der Waals surface area contributed by atoms with E-state index in [9.17, 15) is 41.5 Å². The predicted octanol–water partition coefficient (Wildman–Crippen LogP) is 19.5. The van der Waals surface area contributed by atoms with Crippen LogP contribution in [0.3, 0.4) is 0 Å². The van der Waals surface area contributed by atoms with Gasteiger partial charge in [-0.05, 0) is 221 Å². The number of tetrazole rings is 1. The second-order valence-corrected chi connectivity index (χ2v) is 35.8. The Bertz CT molecular complexity index is 5830. The van der Waals surface area contributed by atoms with Crippen molar-refractivity contribution in [2.75, 3.05) is 130 Å². The summed E-state index contributed by atoms with van der Waals surface area (Å²) in [7, 11) is 1.72. The molecule has 728 valence electrons. The number of halogens is 4. The maximum absolute atomic E-state index is 13.7. The van der Waals surface area contributed by atoms with Crippen LogP contribution in [-0.4, -0.2) is 239 Å². The van der Waals surface area contributed by atoms with Gasteiger partial charge in [-0.25, -0.2) is 27.5 Å². The van der Waals surface area contributed by atoms with Gasteiger partial charge in [-0.1, -0.05) is 177 Å². The second-order valence-electron chi connectivity index (χ2n) is 34.9. The largest absolute Gasteiger partial charge is 0.492 e. The number of unbranched alkanes of at least 4 members (excludes halogenated alkanes) is 1. The Morgan fingerprint density at radius 2 is 1.22 bits per heavy atom. The minimum atomic E-state index is -1.18. The number of hydrogen-bond donors (Lipinski definition) is 1. The molecule has 1 unspecified atom stereocenters. The van der Waals surface area contributed by atoms with Crippen LogP contribution in [0.4, 0.5) is 23.5 Å². The van der Waals surface area contributed by atoms with Crippen molar-refractivity contribution in [2.24, 2.45) is 0 Å². The third kappa shape index (κ3) is 33.3. The first-order chi connectivity index (χ1) is 67.0. The number of benzene rings is 6. The summed E-state index contributed by atoms with van der Waals surface area (Å²) in [6.45, 7) is 32.5. The minimum absolute atomic E-state index is 0.00374. The Hall–Kier alpha value is -13.2. The van der Waals surface area contributed by atoms with E-state index in [-0.39, 0.29) is 53.1 Å². The van der Waals surface area contributed by atoms with Crippen molar-refractivity contribution < 1.29 is 46.3 Å². The van der Waals surface area contributed by atoms with Crippen molar-refractivity contribution in [3.8, 4) is 11.4 Å². The molecule has 138 heavy (non-hydrogen) atoms. The summed E-state index contributed by atoms with van der Waals surface area (Å²) in [4.78, 5) is 86.4. The summed E-state index contributed by atoms with van der Waals surface area (Å²) in [5.41, 5.74) is 11.9. The van der Waals surface area contributed by atoms with Gasteiger partial charge >= 0.3 is 0 Å². The standard InChI is InChI=1S/C21H21N3O.C20H20N4O.C19H27FN2O.C17H21N5O.C16H19F3N2O.C16H24N2OS/c1-3-24(14-8-11-17-9-5-4-6-10-17)21(25)19-15-18-12-7-13-22-20(18)23-16(19)2;1-2-23(14-6-9-17-7-4-3-5-8-17)20(25)18-10-12-19(13-11-18)24-15-21-22-16-24;1-3-11-21-12-4-5-18(14-21)15-22(16(2)23)13-10-17-6-8-19(20)9-7-17;1-14-8-10-17(23-14)9-5-12-21(13-11-17)16-18-19-20-22(16)15-6-3-2-4-7-15;1-11(22)20(2)8-12-4-3-5-21(9-12)10-13-6-15(18)16(19)7-14(13)17;1-2-3-10-18-11-4-6-14(13-18)8-9-17-16(19)15-7-5-12-20-15/h4-13,15H,3,14H2,1-2H3;3-13,15-16H,2,14H2,1H3;5-9H,3-4,10-15H2,1-2H3;2-4,6-7H,1,5,8-13H2;4,6-7H,3,5,8-10H2,1-2H3;5-7,12H,2-4,8-11,13H2,1H3,(H,17,19)/b11-8+;9-6+;;;;. The van der Waals surface area contributed by atoms with Crippen molar-refractivity contribution in [1.82, 2.24) is 84.6 Å². The highest BCUT2D eigenvalue weighted by molar-refractivity contribution is 7.12. The number of rotatable bonds is 31. The Morgan fingerprint density at radius 1 is 0.601 bits per heavy atom. The number of pyridine rings is 2. The number of fused-ring (bicyclic) bond motifs is 1. The Balaban J connectivity index is 0.000000159. The van der Waals surface area contributed by atoms with Gasteiger partial charge < -0.3 is 34.6 Å². The van der Waals surface area contributed by atoms with Crippen molar-refractivity contribution >= 4 is 70.0 Å². The van der Waals surface area contributed by atoms with Crippen LogP contribution < -0.4 is 10.2 Å². The molecule has 2 fully saturated rings. The van der Waals surface area contributed by atoms with Crippen LogP contribution in [0.25, 0.3) is 34.6 Å². The van der Waals surface area contributed by atoms with E-state index < -0.39 is 17.5 Å². The van der Waals surface area contributed by atoms with E-state index in [1.54, 1.807) is 54.4 Å². The van der Waals surface area contributed by atoms with Gasteiger partial charge in [0, 0.05) is 179 Å². The van der Waals surface area contributed by atoms with Crippen LogP contribution in [0.2, 0.25) is 0 Å². The molecule has 1 spiro atoms. The number of para-hydroxylation sites is 1. The zero-order chi connectivity index (χ0) is 98.0. The predicted molar refractivity (Wildman–Crippen MR) is 542 cm³/mol. The summed E-state index contributed by atoms with van der Waals surface area (Å²) in [6, 6.07) is 55.1. The summed E-state index contributed by atoms with van der Waals surface area (Å²) in [5, 5.41) is 25.7. The molecule has 24 nitrogen and oxygen atoms in total. The van der Waals surface area contributed by atoms with Gasteiger partial charge in [0.15, 0.2) is 17.3 Å². The van der Waals surface area contributed by atoms with Gasteiger partial charge in [0.1, 0.15) is 29.9 Å². The molecule has 5 aliphatic heterocycles. The lowest BCUT2D eigenvalue weighted by Crippen LogP contribution is -2.38. The Morgan fingerprint density at radius 3 is 1.85 bits per heavy atom. The molecule has 5 aromatic heterocycles. The Labute approximate surface area is 814 Å². The molecule has 29 heteroatoms. The van der Waals surface area contributed by atoms with E-state index in [1.165, 1.54) is 67.5 Å². The lowest BCUT2D eigenvalue weighted by Gasteiger charge is -2.30. The number of hydrogen-bond acceptors (Lipinski definition) is 18. The Kier molecular flexibility index (Phi) is 42.1. The second kappa shape index (κ2) is 55.2. The molecule has 0 aliphatic carbocycles. The molecule has 10 heterocycles. The molecule has 6 aromatic carbocycles. The number of ether oxygens (including phenoxy) is 1. The number of carbonyl (C=O) groups is 5. The van der Waals surface area contributed by atoms with Crippen molar-refractivity contribution in [2.45, 2.75) is 144 Å². The molecule has 0 radical (unpaired) electrons. The molecular formula is C109H132F4N18O6S. The molecule has 0 bridgehead atoms. The zero-order valence-corrected chi connectivity index (χ0v) is 81.8. The first-order valence-electron chi connectivity index (χ1n) is 48.0. The van der Waals surface area contributed by atoms with Crippen LogP contribution in [0, 0.1) is 30.2 Å². The number of anilines is 1. The first-order valence-corrected chi connectivity index (χ1v) is 48.9. The molecule has 5 aliphatic rings. The van der Waals surface area contributed by atoms with Crippen LogP contribution in [0.1, 0.15) is 177 Å². The summed E-state index contributed by atoms with van der Waals surface area (Å²) < 4.78 is 62.5. The SMILES string of the molecule is C=C1CCC2(CCCN(c3nnnn3-c3ccccc3)CC2)O1.CC(=O)N(C)CC1=CCCN(Cc2cc(F)c(F)cc2F)C1.CCCCN1CCC=C(CCNC(=O)c2cccs2)C1.CCCN1CCC=C(CN(CCc2ccc(F)cc2)C(C)=O)C1.CCN(C/C=C/c1ccccc1)C(=O)c1cc2cccnc2nc1C.CCN(C/C=C/c1ccccc1)C(=O)c1ccc(-n2cnnc2)cc1. The van der Waals surface area contributed by atoms with Gasteiger partial charge in [0.2, 0.25) is 17.8 Å². The summed E-state index contributed by atoms with van der Waals surface area (Å²) in [6.07, 6.45) is 33.4. The van der Waals surface area contributed by atoms with E-state index in [0.717, 1.165) is 178 Å². The molecule has 1 N–H and O–H groups in total. The molecular weight excluding hydrogens is 1770 g/mol. The fourth-order valence-corrected chi connectivity index (χ4v) is 17.4. The maximum Gasteiger partial charge on any atom is 0.261 e. The van der Waals surface area contributed by atoms with Gasteiger partial charge in [0.25, 0.3) is 17.7 Å². The van der Waals surface area contributed by atoms with E-state index in [0.29, 0.717) is 87.4 Å². The molecule has 1 atom stereocenters. The molecule has 11 aromatic rings. The average molecular weight is 1900 g/mol. The first kappa shape index (κ1) is 105. The van der Waals surface area contributed by atoms with Gasteiger partial charge in [-0.2, -0.15) is 4.68 Å². The quantitative estimate of drug-likeness (QED) is 0.0242. The monoisotopic (exact) mass is 1900 g/mol. The third-order valence-corrected chi connectivity index (χ3v) is 25.4. The number of nitrogens with zero attached hydrogens (tertiary/aromatic N) is 17. The van der Waals surface area contributed by atoms with Gasteiger partial charge in [0.05, 0.1) is 27.6 Å². The molecule has 5 amide bonds. The summed E-state index contributed by atoms with van der Waals surface area (Å²) in [5.74, 6) is -1.28. The van der Waals surface area contributed by atoms with Gasteiger partial charge in [-0.15, -0.1) is 21.5 Å².